The van der Waals surface area contributed by atoms with E-state index in [9.17, 15) is 26.4 Å². The highest BCUT2D eigenvalue weighted by Gasteiger charge is 2.35. The Morgan fingerprint density at radius 2 is 1.80 bits per heavy atom. The van der Waals surface area contributed by atoms with Crippen LogP contribution in [0.5, 0.6) is 0 Å². The van der Waals surface area contributed by atoms with Crippen molar-refractivity contribution in [2.75, 3.05) is 6.54 Å². The minimum atomic E-state index is -4.70. The number of carboxylic acid groups (broad SMARTS) is 1. The van der Waals surface area contributed by atoms with Gasteiger partial charge in [0.1, 0.15) is 12.6 Å². The van der Waals surface area contributed by atoms with Crippen LogP contribution >= 0.6 is 0 Å². The molecule has 0 bridgehead atoms. The molecule has 0 aromatic heterocycles. The number of carbonyl (C=O) groups is 1. The fourth-order valence-corrected chi connectivity index (χ4v) is 3.27. The minimum absolute atomic E-state index is 0.399. The average molecular weight is 318 g/mol. The van der Waals surface area contributed by atoms with Crippen molar-refractivity contribution in [3.05, 3.63) is 0 Å². The average Bonchev–Trinajstić information content (AvgIpc) is 2.34. The van der Waals surface area contributed by atoms with Crippen molar-refractivity contribution in [1.82, 2.24) is 9.44 Å². The molecule has 0 amide bonds. The fraction of sp³-hybridized carbons (Fsp3) is 0.900. The molecule has 1 aliphatic rings. The van der Waals surface area contributed by atoms with Crippen LogP contribution in [-0.4, -0.2) is 38.3 Å². The van der Waals surface area contributed by atoms with Crippen LogP contribution in [0.3, 0.4) is 0 Å². The van der Waals surface area contributed by atoms with E-state index in [1.54, 1.807) is 4.72 Å². The molecule has 1 rings (SSSR count). The summed E-state index contributed by atoms with van der Waals surface area (Å²) in [4.78, 5) is 11.1. The highest BCUT2D eigenvalue weighted by molar-refractivity contribution is 7.87. The van der Waals surface area contributed by atoms with Gasteiger partial charge in [0.05, 0.1) is 0 Å². The Balaban J connectivity index is 2.66. The lowest BCUT2D eigenvalue weighted by Crippen LogP contribution is -2.51. The van der Waals surface area contributed by atoms with Gasteiger partial charge in [0, 0.05) is 0 Å². The lowest BCUT2D eigenvalue weighted by atomic mass is 9.84. The Morgan fingerprint density at radius 3 is 2.25 bits per heavy atom. The molecule has 1 fully saturated rings. The van der Waals surface area contributed by atoms with Crippen LogP contribution in [0.15, 0.2) is 0 Å². The molecule has 1 saturated carbocycles. The van der Waals surface area contributed by atoms with E-state index in [0.29, 0.717) is 12.8 Å². The summed E-state index contributed by atoms with van der Waals surface area (Å²) < 4.78 is 61.9. The first-order chi connectivity index (χ1) is 9.11. The van der Waals surface area contributed by atoms with Crippen molar-refractivity contribution >= 4 is 16.2 Å². The van der Waals surface area contributed by atoms with Gasteiger partial charge in [0.25, 0.3) is 10.2 Å². The zero-order chi connectivity index (χ0) is 15.4. The van der Waals surface area contributed by atoms with E-state index in [1.807, 2.05) is 0 Å². The molecule has 20 heavy (non-hydrogen) atoms. The Morgan fingerprint density at radius 1 is 1.25 bits per heavy atom. The molecule has 0 aromatic rings. The molecule has 1 atom stereocenters. The van der Waals surface area contributed by atoms with Crippen LogP contribution in [0, 0.1) is 5.92 Å². The van der Waals surface area contributed by atoms with Gasteiger partial charge in [-0.05, 0) is 18.8 Å². The summed E-state index contributed by atoms with van der Waals surface area (Å²) in [7, 11) is -4.51. The van der Waals surface area contributed by atoms with Gasteiger partial charge in [-0.25, -0.2) is 0 Å². The number of hydrogen-bond acceptors (Lipinski definition) is 3. The molecule has 0 radical (unpaired) electrons. The summed E-state index contributed by atoms with van der Waals surface area (Å²) in [5.41, 5.74) is 0. The standard InChI is InChI=1S/C10H17F3N2O4S/c11-10(12,13)6-14-20(18,19)15-8(9(16)17)7-4-2-1-3-5-7/h7-8,14-15H,1-6H2,(H,16,17). The van der Waals surface area contributed by atoms with Crippen LogP contribution in [-0.2, 0) is 15.0 Å². The second-order valence-electron chi connectivity index (χ2n) is 4.77. The molecule has 0 aliphatic heterocycles. The van der Waals surface area contributed by atoms with Gasteiger partial charge in [-0.3, -0.25) is 4.79 Å². The van der Waals surface area contributed by atoms with Gasteiger partial charge in [-0.2, -0.15) is 31.0 Å². The zero-order valence-corrected chi connectivity index (χ0v) is 11.4. The molecule has 1 aliphatic carbocycles. The lowest BCUT2D eigenvalue weighted by Gasteiger charge is -2.27. The quantitative estimate of drug-likeness (QED) is 0.681. The van der Waals surface area contributed by atoms with E-state index >= 15 is 0 Å². The van der Waals surface area contributed by atoms with Crippen LogP contribution in [0.1, 0.15) is 32.1 Å². The first kappa shape index (κ1) is 17.2. The molecule has 1 unspecified atom stereocenters. The van der Waals surface area contributed by atoms with E-state index < -0.39 is 40.9 Å². The number of aliphatic carboxylic acids is 1. The normalized spacial score (nSPS) is 19.8. The number of carboxylic acids is 1. The smallest absolute Gasteiger partial charge is 0.402 e. The third-order valence-electron chi connectivity index (χ3n) is 3.13. The maximum atomic E-state index is 12.0. The zero-order valence-electron chi connectivity index (χ0n) is 10.6. The van der Waals surface area contributed by atoms with E-state index in [4.69, 9.17) is 5.11 Å². The first-order valence-corrected chi connectivity index (χ1v) is 7.65. The van der Waals surface area contributed by atoms with Gasteiger partial charge >= 0.3 is 12.1 Å². The van der Waals surface area contributed by atoms with Gasteiger partial charge in [-0.1, -0.05) is 19.3 Å². The van der Waals surface area contributed by atoms with Gasteiger partial charge in [-0.15, -0.1) is 0 Å². The van der Waals surface area contributed by atoms with Crippen molar-refractivity contribution in [1.29, 1.82) is 0 Å². The Hall–Kier alpha value is -0.870. The number of alkyl halides is 3. The van der Waals surface area contributed by atoms with Crippen LogP contribution in [0.25, 0.3) is 0 Å². The maximum absolute atomic E-state index is 12.0. The Kier molecular flexibility index (Phi) is 5.78. The third-order valence-corrected chi connectivity index (χ3v) is 4.22. The second-order valence-corrected chi connectivity index (χ2v) is 6.30. The topological polar surface area (TPSA) is 95.5 Å². The molecule has 118 valence electrons. The number of halogens is 3. The largest absolute Gasteiger partial charge is 0.480 e. The minimum Gasteiger partial charge on any atom is -0.480 e. The molecule has 0 aromatic carbocycles. The molecule has 0 heterocycles. The van der Waals surface area contributed by atoms with E-state index in [1.165, 1.54) is 4.72 Å². The van der Waals surface area contributed by atoms with Crippen molar-refractivity contribution in [2.24, 2.45) is 5.92 Å². The van der Waals surface area contributed by atoms with Crippen LogP contribution in [0.2, 0.25) is 0 Å². The molecular weight excluding hydrogens is 301 g/mol. The molecule has 0 spiro atoms. The summed E-state index contributed by atoms with van der Waals surface area (Å²) in [6.07, 6.45) is -1.10. The van der Waals surface area contributed by atoms with Crippen molar-refractivity contribution in [2.45, 2.75) is 44.3 Å². The van der Waals surface area contributed by atoms with Crippen LogP contribution < -0.4 is 9.44 Å². The summed E-state index contributed by atoms with van der Waals surface area (Å²) in [6, 6.07) is -1.40. The van der Waals surface area contributed by atoms with Gasteiger partial charge in [0.2, 0.25) is 0 Å². The summed E-state index contributed by atoms with van der Waals surface area (Å²) in [5.74, 6) is -1.78. The Labute approximate surface area is 114 Å². The van der Waals surface area contributed by atoms with Crippen molar-refractivity contribution < 1.29 is 31.5 Å². The molecule has 3 N–H and O–H groups in total. The molecule has 10 heteroatoms. The molecule has 0 saturated heterocycles. The first-order valence-electron chi connectivity index (χ1n) is 6.17. The van der Waals surface area contributed by atoms with Crippen LogP contribution in [0.4, 0.5) is 13.2 Å². The molecular formula is C10H17F3N2O4S. The van der Waals surface area contributed by atoms with Crippen molar-refractivity contribution in [3.8, 4) is 0 Å². The predicted molar refractivity (Wildman–Crippen MR) is 64.1 cm³/mol. The highest BCUT2D eigenvalue weighted by atomic mass is 32.2. The molecule has 6 nitrogen and oxygen atoms in total. The predicted octanol–water partition coefficient (Wildman–Crippen LogP) is 1.01. The van der Waals surface area contributed by atoms with E-state index in [-0.39, 0.29) is 0 Å². The highest BCUT2D eigenvalue weighted by Crippen LogP contribution is 2.27. The SMILES string of the molecule is O=C(O)C(NS(=O)(=O)NCC(F)(F)F)C1CCCCC1. The fourth-order valence-electron chi connectivity index (χ4n) is 2.20. The van der Waals surface area contributed by atoms with Gasteiger partial charge < -0.3 is 5.11 Å². The maximum Gasteiger partial charge on any atom is 0.402 e. The second kappa shape index (κ2) is 6.72. The summed E-state index contributed by atoms with van der Waals surface area (Å²) in [5, 5.41) is 9.04. The monoisotopic (exact) mass is 318 g/mol. The Bertz CT molecular complexity index is 432. The van der Waals surface area contributed by atoms with E-state index in [0.717, 1.165) is 19.3 Å². The third kappa shape index (κ3) is 6.06. The summed E-state index contributed by atoms with van der Waals surface area (Å²) >= 11 is 0. The summed E-state index contributed by atoms with van der Waals surface area (Å²) in [6.45, 7) is -1.74. The number of rotatable bonds is 6. The van der Waals surface area contributed by atoms with E-state index in [2.05, 4.69) is 0 Å². The van der Waals surface area contributed by atoms with Gasteiger partial charge in [0.15, 0.2) is 0 Å². The lowest BCUT2D eigenvalue weighted by molar-refractivity contribution is -0.140. The number of hydrogen-bond donors (Lipinski definition) is 3. The van der Waals surface area contributed by atoms with Crippen molar-refractivity contribution in [3.63, 3.8) is 0 Å². The number of nitrogens with one attached hydrogen (secondary N) is 2.